The predicted molar refractivity (Wildman–Crippen MR) is 89.1 cm³/mol. The van der Waals surface area contributed by atoms with Crippen LogP contribution in [-0.4, -0.2) is 25.2 Å². The lowest BCUT2D eigenvalue weighted by Crippen LogP contribution is -2.33. The molecule has 3 rings (SSSR count). The maximum absolute atomic E-state index is 11.9. The smallest absolute Gasteiger partial charge is 0.243 e. The Labute approximate surface area is 139 Å². The number of aryl methyl sites for hydroxylation is 1. The van der Waals surface area contributed by atoms with Crippen LogP contribution in [0.25, 0.3) is 0 Å². The summed E-state index contributed by atoms with van der Waals surface area (Å²) in [5, 5.41) is 5.34. The number of nitrogens with one attached hydrogen (secondary N) is 2. The molecular formula is C18H18N2O4. The van der Waals surface area contributed by atoms with Gasteiger partial charge in [-0.3, -0.25) is 9.59 Å². The van der Waals surface area contributed by atoms with E-state index in [1.807, 2.05) is 31.2 Å². The maximum Gasteiger partial charge on any atom is 0.243 e. The van der Waals surface area contributed by atoms with Crippen molar-refractivity contribution in [3.05, 3.63) is 53.6 Å². The van der Waals surface area contributed by atoms with E-state index in [0.717, 1.165) is 11.1 Å². The van der Waals surface area contributed by atoms with E-state index in [4.69, 9.17) is 9.47 Å². The topological polar surface area (TPSA) is 76.7 Å². The Balaban J connectivity index is 1.49. The first kappa shape index (κ1) is 15.9. The van der Waals surface area contributed by atoms with Crippen molar-refractivity contribution in [3.8, 4) is 11.5 Å². The van der Waals surface area contributed by atoms with Crippen molar-refractivity contribution in [1.82, 2.24) is 5.32 Å². The number of carbonyl (C=O) groups is 2. The van der Waals surface area contributed by atoms with E-state index in [2.05, 4.69) is 10.6 Å². The van der Waals surface area contributed by atoms with Gasteiger partial charge in [-0.1, -0.05) is 24.3 Å². The monoisotopic (exact) mass is 326 g/mol. The maximum atomic E-state index is 11.9. The van der Waals surface area contributed by atoms with Gasteiger partial charge in [0.15, 0.2) is 11.5 Å². The number of anilines is 1. The van der Waals surface area contributed by atoms with Crippen molar-refractivity contribution >= 4 is 17.5 Å². The summed E-state index contributed by atoms with van der Waals surface area (Å²) < 4.78 is 10.5. The molecule has 0 unspecified atom stereocenters. The number of carbonyl (C=O) groups excluding carboxylic acids is 2. The van der Waals surface area contributed by atoms with Crippen LogP contribution in [0.3, 0.4) is 0 Å². The van der Waals surface area contributed by atoms with Crippen molar-refractivity contribution in [3.63, 3.8) is 0 Å². The van der Waals surface area contributed by atoms with Gasteiger partial charge in [-0.25, -0.2) is 0 Å². The molecular weight excluding hydrogens is 308 g/mol. The molecule has 1 aliphatic rings. The van der Waals surface area contributed by atoms with E-state index in [9.17, 15) is 9.59 Å². The van der Waals surface area contributed by atoms with E-state index >= 15 is 0 Å². The van der Waals surface area contributed by atoms with Crippen molar-refractivity contribution in [1.29, 1.82) is 0 Å². The third kappa shape index (κ3) is 3.84. The van der Waals surface area contributed by atoms with Crippen LogP contribution in [0, 0.1) is 6.92 Å². The second-order valence-corrected chi connectivity index (χ2v) is 5.50. The summed E-state index contributed by atoms with van der Waals surface area (Å²) in [6, 6.07) is 12.8. The molecule has 0 aromatic heterocycles. The molecule has 124 valence electrons. The van der Waals surface area contributed by atoms with E-state index < -0.39 is 0 Å². The highest BCUT2D eigenvalue weighted by Crippen LogP contribution is 2.34. The fraction of sp³-hybridized carbons (Fsp3) is 0.222. The standard InChI is InChI=1S/C18H18N2O4/c1-12-4-2-3-5-13(12)8-17(21)19-10-18(22)20-14-6-7-15-16(9-14)24-11-23-15/h2-7,9H,8,10-11H2,1H3,(H,19,21)(H,20,22). The molecule has 0 saturated carbocycles. The van der Waals surface area contributed by atoms with Crippen molar-refractivity contribution < 1.29 is 19.1 Å². The minimum atomic E-state index is -0.299. The third-order valence-electron chi connectivity index (χ3n) is 3.71. The number of amides is 2. The van der Waals surface area contributed by atoms with Crippen LogP contribution in [0.2, 0.25) is 0 Å². The Morgan fingerprint density at radius 3 is 2.67 bits per heavy atom. The summed E-state index contributed by atoms with van der Waals surface area (Å²) in [7, 11) is 0. The molecule has 2 N–H and O–H groups in total. The summed E-state index contributed by atoms with van der Waals surface area (Å²) in [6.07, 6.45) is 0.254. The molecule has 0 aliphatic carbocycles. The Kier molecular flexibility index (Phi) is 4.65. The lowest BCUT2D eigenvalue weighted by atomic mass is 10.1. The highest BCUT2D eigenvalue weighted by atomic mass is 16.7. The van der Waals surface area contributed by atoms with Gasteiger partial charge < -0.3 is 20.1 Å². The van der Waals surface area contributed by atoms with Gasteiger partial charge >= 0.3 is 0 Å². The molecule has 0 bridgehead atoms. The zero-order chi connectivity index (χ0) is 16.9. The first-order valence-electron chi connectivity index (χ1n) is 7.62. The fourth-order valence-corrected chi connectivity index (χ4v) is 2.40. The average Bonchev–Trinajstić information content (AvgIpc) is 3.03. The summed E-state index contributed by atoms with van der Waals surface area (Å²) >= 11 is 0. The fourth-order valence-electron chi connectivity index (χ4n) is 2.40. The lowest BCUT2D eigenvalue weighted by Gasteiger charge is -2.08. The van der Waals surface area contributed by atoms with Gasteiger partial charge in [0.2, 0.25) is 18.6 Å². The third-order valence-corrected chi connectivity index (χ3v) is 3.71. The molecule has 6 nitrogen and oxygen atoms in total. The molecule has 1 aliphatic heterocycles. The number of hydrogen-bond acceptors (Lipinski definition) is 4. The summed E-state index contributed by atoms with van der Waals surface area (Å²) in [6.45, 7) is 2.05. The molecule has 0 spiro atoms. The molecule has 0 fully saturated rings. The van der Waals surface area contributed by atoms with Crippen molar-refractivity contribution in [2.75, 3.05) is 18.7 Å². The van der Waals surface area contributed by atoms with E-state index in [1.54, 1.807) is 18.2 Å². The van der Waals surface area contributed by atoms with Crippen LogP contribution < -0.4 is 20.1 Å². The van der Waals surface area contributed by atoms with Gasteiger partial charge in [0.05, 0.1) is 13.0 Å². The molecule has 1 heterocycles. The second kappa shape index (κ2) is 7.04. The van der Waals surface area contributed by atoms with Crippen LogP contribution >= 0.6 is 0 Å². The molecule has 2 amide bonds. The summed E-state index contributed by atoms with van der Waals surface area (Å²) in [5.41, 5.74) is 2.60. The molecule has 0 atom stereocenters. The van der Waals surface area contributed by atoms with Crippen molar-refractivity contribution in [2.45, 2.75) is 13.3 Å². The minimum Gasteiger partial charge on any atom is -0.454 e. The second-order valence-electron chi connectivity index (χ2n) is 5.50. The van der Waals surface area contributed by atoms with E-state index in [1.165, 1.54) is 0 Å². The van der Waals surface area contributed by atoms with Gasteiger partial charge in [0.25, 0.3) is 0 Å². The number of benzene rings is 2. The van der Waals surface area contributed by atoms with Gasteiger partial charge in [0.1, 0.15) is 0 Å². The Morgan fingerprint density at radius 1 is 1.04 bits per heavy atom. The number of rotatable bonds is 5. The molecule has 0 radical (unpaired) electrons. The normalized spacial score (nSPS) is 11.9. The first-order chi connectivity index (χ1) is 11.6. The highest BCUT2D eigenvalue weighted by Gasteiger charge is 2.14. The number of fused-ring (bicyclic) bond motifs is 1. The van der Waals surface area contributed by atoms with Crippen LogP contribution in [-0.2, 0) is 16.0 Å². The average molecular weight is 326 g/mol. The largest absolute Gasteiger partial charge is 0.454 e. The van der Waals surface area contributed by atoms with Crippen LogP contribution in [0.15, 0.2) is 42.5 Å². The Hall–Kier alpha value is -3.02. The predicted octanol–water partition coefficient (Wildman–Crippen LogP) is 2.02. The molecule has 6 heteroatoms. The van der Waals surface area contributed by atoms with Crippen molar-refractivity contribution in [2.24, 2.45) is 0 Å². The first-order valence-corrected chi connectivity index (χ1v) is 7.62. The quantitative estimate of drug-likeness (QED) is 0.881. The van der Waals surface area contributed by atoms with Crippen LogP contribution in [0.1, 0.15) is 11.1 Å². The van der Waals surface area contributed by atoms with Gasteiger partial charge in [-0.05, 0) is 30.2 Å². The lowest BCUT2D eigenvalue weighted by molar-refractivity contribution is -0.123. The van der Waals surface area contributed by atoms with E-state index in [0.29, 0.717) is 17.2 Å². The SMILES string of the molecule is Cc1ccccc1CC(=O)NCC(=O)Nc1ccc2c(c1)OCO2. The Morgan fingerprint density at radius 2 is 1.83 bits per heavy atom. The highest BCUT2D eigenvalue weighted by molar-refractivity contribution is 5.95. The van der Waals surface area contributed by atoms with Gasteiger partial charge in [-0.2, -0.15) is 0 Å². The number of hydrogen-bond donors (Lipinski definition) is 2. The van der Waals surface area contributed by atoms with Gasteiger partial charge in [-0.15, -0.1) is 0 Å². The van der Waals surface area contributed by atoms with Gasteiger partial charge in [0, 0.05) is 11.8 Å². The minimum absolute atomic E-state index is 0.0842. The zero-order valence-electron chi connectivity index (χ0n) is 13.3. The molecule has 0 saturated heterocycles. The molecule has 2 aromatic carbocycles. The Bertz CT molecular complexity index is 773. The summed E-state index contributed by atoms with van der Waals surface area (Å²) in [5.74, 6) is 0.757. The number of ether oxygens (including phenoxy) is 2. The summed E-state index contributed by atoms with van der Waals surface area (Å²) in [4.78, 5) is 23.9. The van der Waals surface area contributed by atoms with Crippen LogP contribution in [0.5, 0.6) is 11.5 Å². The zero-order valence-corrected chi connectivity index (χ0v) is 13.3. The van der Waals surface area contributed by atoms with E-state index in [-0.39, 0.29) is 31.6 Å². The van der Waals surface area contributed by atoms with Crippen LogP contribution in [0.4, 0.5) is 5.69 Å². The molecule has 24 heavy (non-hydrogen) atoms. The molecule has 2 aromatic rings.